The highest BCUT2D eigenvalue weighted by Gasteiger charge is 2.16. The van der Waals surface area contributed by atoms with Crippen molar-refractivity contribution < 1.29 is 0 Å². The maximum atomic E-state index is 11.3. The van der Waals surface area contributed by atoms with Crippen LogP contribution in [-0.4, -0.2) is 9.97 Å². The van der Waals surface area contributed by atoms with Gasteiger partial charge in [0.1, 0.15) is 5.82 Å². The van der Waals surface area contributed by atoms with Crippen LogP contribution in [-0.2, 0) is 18.7 Å². The topological polar surface area (TPSA) is 45.8 Å². The molecule has 3 nitrogen and oxygen atoms in total. The van der Waals surface area contributed by atoms with Crippen LogP contribution in [0.5, 0.6) is 0 Å². The molecule has 0 saturated carbocycles. The van der Waals surface area contributed by atoms with Crippen LogP contribution < -0.4 is 5.56 Å². The van der Waals surface area contributed by atoms with E-state index >= 15 is 0 Å². The number of alkyl halides is 1. The van der Waals surface area contributed by atoms with Crippen LogP contribution in [0.2, 0.25) is 0 Å². The Hall–Kier alpha value is -0.830. The van der Waals surface area contributed by atoms with Gasteiger partial charge in [0.15, 0.2) is 0 Å². The summed E-state index contributed by atoms with van der Waals surface area (Å²) in [6.07, 6.45) is 2.82. The second-order valence-electron chi connectivity index (χ2n) is 2.93. The smallest absolute Gasteiger partial charge is 0.254 e. The summed E-state index contributed by atoms with van der Waals surface area (Å²) in [6.45, 7) is 0. The third kappa shape index (κ3) is 1.14. The zero-order valence-corrected chi connectivity index (χ0v) is 7.32. The first-order valence-corrected chi connectivity index (χ1v) is 4.51. The largest absolute Gasteiger partial charge is 0.309 e. The second kappa shape index (κ2) is 2.90. The Balaban J connectivity index is 2.59. The Labute approximate surface area is 74.8 Å². The highest BCUT2D eigenvalue weighted by atomic mass is 35.5. The fourth-order valence-corrected chi connectivity index (χ4v) is 1.68. The summed E-state index contributed by atoms with van der Waals surface area (Å²) in [5.74, 6) is 0.866. The van der Waals surface area contributed by atoms with E-state index in [0.717, 1.165) is 30.5 Å². The lowest BCUT2D eigenvalue weighted by molar-refractivity contribution is 0.893. The average Bonchev–Trinajstić information content (AvgIpc) is 2.52. The van der Waals surface area contributed by atoms with Gasteiger partial charge in [0, 0.05) is 5.56 Å². The number of aromatic amines is 1. The number of nitrogens with one attached hydrogen (secondary N) is 1. The van der Waals surface area contributed by atoms with Gasteiger partial charge in [-0.25, -0.2) is 4.98 Å². The molecule has 4 heteroatoms. The van der Waals surface area contributed by atoms with Crippen LogP contribution in [0.1, 0.15) is 23.5 Å². The first kappa shape index (κ1) is 7.80. The van der Waals surface area contributed by atoms with Gasteiger partial charge < -0.3 is 4.98 Å². The summed E-state index contributed by atoms with van der Waals surface area (Å²) in [4.78, 5) is 18.2. The summed E-state index contributed by atoms with van der Waals surface area (Å²) >= 11 is 5.57. The third-order valence-electron chi connectivity index (χ3n) is 2.12. The number of rotatable bonds is 1. The van der Waals surface area contributed by atoms with Crippen molar-refractivity contribution in [3.8, 4) is 0 Å². The number of fused-ring (bicyclic) bond motifs is 1. The quantitative estimate of drug-likeness (QED) is 0.662. The molecule has 2 rings (SSSR count). The molecule has 12 heavy (non-hydrogen) atoms. The molecule has 0 radical (unpaired) electrons. The van der Waals surface area contributed by atoms with E-state index in [-0.39, 0.29) is 11.4 Å². The van der Waals surface area contributed by atoms with Gasteiger partial charge in [0.25, 0.3) is 5.56 Å². The summed E-state index contributed by atoms with van der Waals surface area (Å²) < 4.78 is 0. The minimum atomic E-state index is -0.00634. The first-order chi connectivity index (χ1) is 5.81. The number of aryl methyl sites for hydroxylation is 1. The van der Waals surface area contributed by atoms with Crippen molar-refractivity contribution in [1.29, 1.82) is 0 Å². The van der Waals surface area contributed by atoms with E-state index in [4.69, 9.17) is 11.6 Å². The molecule has 0 aliphatic heterocycles. The second-order valence-corrected chi connectivity index (χ2v) is 3.19. The van der Waals surface area contributed by atoms with Crippen LogP contribution in [0.25, 0.3) is 0 Å². The fourth-order valence-electron chi connectivity index (χ4n) is 1.56. The lowest BCUT2D eigenvalue weighted by atomic mass is 10.2. The van der Waals surface area contributed by atoms with Gasteiger partial charge >= 0.3 is 0 Å². The Morgan fingerprint density at radius 3 is 3.08 bits per heavy atom. The van der Waals surface area contributed by atoms with Crippen molar-refractivity contribution in [3.63, 3.8) is 0 Å². The van der Waals surface area contributed by atoms with E-state index in [1.807, 2.05) is 0 Å². The SMILES string of the molecule is O=c1[nH]c(CCl)nc2c1CCC2. The molecule has 0 aromatic carbocycles. The van der Waals surface area contributed by atoms with Gasteiger partial charge in [0.05, 0.1) is 11.6 Å². The minimum Gasteiger partial charge on any atom is -0.309 e. The molecule has 1 N–H and O–H groups in total. The van der Waals surface area contributed by atoms with E-state index in [2.05, 4.69) is 9.97 Å². The van der Waals surface area contributed by atoms with E-state index in [0.29, 0.717) is 5.82 Å². The molecular weight excluding hydrogens is 176 g/mol. The predicted molar refractivity (Wildman–Crippen MR) is 46.4 cm³/mol. The fraction of sp³-hybridized carbons (Fsp3) is 0.500. The number of hydrogen-bond donors (Lipinski definition) is 1. The molecule has 1 aromatic heterocycles. The van der Waals surface area contributed by atoms with Crippen molar-refractivity contribution in [1.82, 2.24) is 9.97 Å². The number of H-pyrrole nitrogens is 1. The molecule has 0 bridgehead atoms. The molecule has 0 saturated heterocycles. The van der Waals surface area contributed by atoms with Gasteiger partial charge in [-0.3, -0.25) is 4.79 Å². The zero-order valence-electron chi connectivity index (χ0n) is 6.56. The van der Waals surface area contributed by atoms with Crippen molar-refractivity contribution in [2.24, 2.45) is 0 Å². The summed E-state index contributed by atoms with van der Waals surface area (Å²) in [6, 6.07) is 0. The Morgan fingerprint density at radius 2 is 2.33 bits per heavy atom. The summed E-state index contributed by atoms with van der Waals surface area (Å²) in [5, 5.41) is 0. The standard InChI is InChI=1S/C8H9ClN2O/c9-4-7-10-6-3-1-2-5(6)8(12)11-7/h1-4H2,(H,10,11,12). The predicted octanol–water partition coefficient (Wildman–Crippen LogP) is 0.997. The highest BCUT2D eigenvalue weighted by Crippen LogP contribution is 2.15. The third-order valence-corrected chi connectivity index (χ3v) is 2.37. The summed E-state index contributed by atoms with van der Waals surface area (Å²) in [7, 11) is 0. The number of hydrogen-bond acceptors (Lipinski definition) is 2. The summed E-state index contributed by atoms with van der Waals surface area (Å²) in [5.41, 5.74) is 1.78. The molecule has 1 heterocycles. The van der Waals surface area contributed by atoms with Crippen LogP contribution in [0.4, 0.5) is 0 Å². The minimum absolute atomic E-state index is 0.00634. The van der Waals surface area contributed by atoms with E-state index < -0.39 is 0 Å². The van der Waals surface area contributed by atoms with E-state index in [1.54, 1.807) is 0 Å². The van der Waals surface area contributed by atoms with Crippen molar-refractivity contribution in [3.05, 3.63) is 27.4 Å². The molecule has 0 spiro atoms. The molecular formula is C8H9ClN2O. The average molecular weight is 185 g/mol. The van der Waals surface area contributed by atoms with Gasteiger partial charge in [-0.2, -0.15) is 0 Å². The monoisotopic (exact) mass is 184 g/mol. The van der Waals surface area contributed by atoms with Gasteiger partial charge in [-0.15, -0.1) is 11.6 Å². The van der Waals surface area contributed by atoms with Crippen LogP contribution >= 0.6 is 11.6 Å². The van der Waals surface area contributed by atoms with Gasteiger partial charge in [-0.1, -0.05) is 0 Å². The van der Waals surface area contributed by atoms with Crippen molar-refractivity contribution in [2.45, 2.75) is 25.1 Å². The molecule has 1 aromatic rings. The molecule has 0 fully saturated rings. The van der Waals surface area contributed by atoms with E-state index in [9.17, 15) is 4.79 Å². The van der Waals surface area contributed by atoms with Crippen LogP contribution in [0.15, 0.2) is 4.79 Å². The Kier molecular flexibility index (Phi) is 1.89. The molecule has 64 valence electrons. The number of halogens is 1. The van der Waals surface area contributed by atoms with Crippen molar-refractivity contribution >= 4 is 11.6 Å². The maximum absolute atomic E-state index is 11.3. The Morgan fingerprint density at radius 1 is 1.50 bits per heavy atom. The van der Waals surface area contributed by atoms with Crippen LogP contribution in [0, 0.1) is 0 Å². The number of aromatic nitrogens is 2. The molecule has 0 atom stereocenters. The number of nitrogens with zero attached hydrogens (tertiary/aromatic N) is 1. The zero-order chi connectivity index (χ0) is 8.55. The normalized spacial score (nSPS) is 14.8. The molecule has 1 aliphatic carbocycles. The van der Waals surface area contributed by atoms with Gasteiger partial charge in [-0.05, 0) is 19.3 Å². The lowest BCUT2D eigenvalue weighted by Gasteiger charge is -1.99. The molecule has 0 unspecified atom stereocenters. The van der Waals surface area contributed by atoms with E-state index in [1.165, 1.54) is 0 Å². The molecule has 0 amide bonds. The maximum Gasteiger partial charge on any atom is 0.254 e. The Bertz CT molecular complexity index is 359. The van der Waals surface area contributed by atoms with Crippen molar-refractivity contribution in [2.75, 3.05) is 0 Å². The molecule has 1 aliphatic rings. The first-order valence-electron chi connectivity index (χ1n) is 3.98. The highest BCUT2D eigenvalue weighted by molar-refractivity contribution is 6.16. The van der Waals surface area contributed by atoms with Crippen LogP contribution in [0.3, 0.4) is 0 Å². The lowest BCUT2D eigenvalue weighted by Crippen LogP contribution is -2.16. The van der Waals surface area contributed by atoms with Gasteiger partial charge in [0.2, 0.25) is 0 Å².